The van der Waals surface area contributed by atoms with Crippen LogP contribution >= 0.6 is 0 Å². The first-order valence-corrected chi connectivity index (χ1v) is 4.04. The van der Waals surface area contributed by atoms with Crippen molar-refractivity contribution in [2.75, 3.05) is 0 Å². The van der Waals surface area contributed by atoms with E-state index in [1.165, 1.54) is 32.1 Å². The second-order valence-electron chi connectivity index (χ2n) is 3.36. The summed E-state index contributed by atoms with van der Waals surface area (Å²) in [6, 6.07) is 0. The average molecular weight is 125 g/mol. The Bertz CT molecular complexity index is 77.0. The topological polar surface area (TPSA) is 26.0 Å². The van der Waals surface area contributed by atoms with Gasteiger partial charge >= 0.3 is 0 Å². The molecular formula is C7H16BN. The van der Waals surface area contributed by atoms with Gasteiger partial charge in [0, 0.05) is 0 Å². The van der Waals surface area contributed by atoms with Crippen LogP contribution in [0.1, 0.15) is 32.1 Å². The molecule has 1 nitrogen and oxygen atoms in total. The Morgan fingerprint density at radius 1 is 1.44 bits per heavy atom. The standard InChI is InChI=1S/C7H16BN/c8-7(9)5-6-3-1-2-4-6/h6-7H,1-5,8-9H2/t7-/m1/s1. The number of nitrogens with two attached hydrogens (primary N) is 1. The third-order valence-corrected chi connectivity index (χ3v) is 2.18. The summed E-state index contributed by atoms with van der Waals surface area (Å²) in [5.74, 6) is 1.39. The average Bonchev–Trinajstić information content (AvgIpc) is 2.15. The van der Waals surface area contributed by atoms with E-state index in [4.69, 9.17) is 5.73 Å². The van der Waals surface area contributed by atoms with Crippen LogP contribution in [0.3, 0.4) is 0 Å². The van der Waals surface area contributed by atoms with Crippen LogP contribution in [0.4, 0.5) is 0 Å². The van der Waals surface area contributed by atoms with Gasteiger partial charge in [-0.3, -0.25) is 0 Å². The van der Waals surface area contributed by atoms with E-state index < -0.39 is 0 Å². The van der Waals surface area contributed by atoms with Gasteiger partial charge in [-0.1, -0.05) is 25.7 Å². The lowest BCUT2D eigenvalue weighted by atomic mass is 9.87. The van der Waals surface area contributed by atoms with Crippen molar-refractivity contribution in [2.45, 2.75) is 38.0 Å². The van der Waals surface area contributed by atoms with Crippen LogP contribution in [0, 0.1) is 5.92 Å². The highest BCUT2D eigenvalue weighted by molar-refractivity contribution is 6.11. The maximum atomic E-state index is 5.67. The summed E-state index contributed by atoms with van der Waals surface area (Å²) in [5.41, 5.74) is 5.67. The van der Waals surface area contributed by atoms with E-state index in [0.29, 0.717) is 5.94 Å². The van der Waals surface area contributed by atoms with Crippen LogP contribution < -0.4 is 5.73 Å². The summed E-state index contributed by atoms with van der Waals surface area (Å²) < 4.78 is 0. The van der Waals surface area contributed by atoms with Crippen LogP contribution in [0.25, 0.3) is 0 Å². The molecule has 0 aromatic rings. The highest BCUT2D eigenvalue weighted by Crippen LogP contribution is 2.27. The molecule has 0 aromatic carbocycles. The normalized spacial score (nSPS) is 24.6. The minimum atomic E-state index is 0.424. The third-order valence-electron chi connectivity index (χ3n) is 2.18. The van der Waals surface area contributed by atoms with E-state index in [9.17, 15) is 0 Å². The summed E-state index contributed by atoms with van der Waals surface area (Å²) in [4.78, 5) is 0. The van der Waals surface area contributed by atoms with Gasteiger partial charge in [-0.2, -0.15) is 0 Å². The smallest absolute Gasteiger partial charge is 0.123 e. The summed E-state index contributed by atoms with van der Waals surface area (Å²) in [6.07, 6.45) is 7.00. The van der Waals surface area contributed by atoms with Crippen molar-refractivity contribution in [3.63, 3.8) is 0 Å². The molecule has 0 spiro atoms. The first kappa shape index (κ1) is 7.14. The van der Waals surface area contributed by atoms with E-state index in [2.05, 4.69) is 7.85 Å². The molecular weight excluding hydrogens is 109 g/mol. The van der Waals surface area contributed by atoms with Crippen LogP contribution in [0.5, 0.6) is 0 Å². The Labute approximate surface area is 58.4 Å². The number of hydrogen-bond donors (Lipinski definition) is 1. The molecule has 1 rings (SSSR count). The molecule has 0 heterocycles. The van der Waals surface area contributed by atoms with Gasteiger partial charge in [0.15, 0.2) is 0 Å². The molecule has 1 atom stereocenters. The lowest BCUT2D eigenvalue weighted by molar-refractivity contribution is 0.494. The first-order valence-electron chi connectivity index (χ1n) is 4.04. The Balaban J connectivity index is 2.11. The molecule has 52 valence electrons. The van der Waals surface area contributed by atoms with Crippen molar-refractivity contribution in [1.29, 1.82) is 0 Å². The molecule has 0 unspecified atom stereocenters. The minimum Gasteiger partial charge on any atom is -0.335 e. The Morgan fingerprint density at radius 3 is 2.44 bits per heavy atom. The van der Waals surface area contributed by atoms with Crippen molar-refractivity contribution < 1.29 is 0 Å². The molecule has 0 saturated heterocycles. The van der Waals surface area contributed by atoms with E-state index in [0.717, 1.165) is 5.92 Å². The maximum Gasteiger partial charge on any atom is 0.123 e. The Kier molecular flexibility index (Phi) is 2.58. The summed E-state index contributed by atoms with van der Waals surface area (Å²) in [6.45, 7) is 0. The molecule has 0 aromatic heterocycles. The highest BCUT2D eigenvalue weighted by atomic mass is 14.6. The largest absolute Gasteiger partial charge is 0.335 e. The van der Waals surface area contributed by atoms with Crippen molar-refractivity contribution in [3.8, 4) is 0 Å². The Morgan fingerprint density at radius 2 is 2.00 bits per heavy atom. The zero-order valence-electron chi connectivity index (χ0n) is 6.27. The van der Waals surface area contributed by atoms with Gasteiger partial charge in [-0.15, -0.1) is 0 Å². The van der Waals surface area contributed by atoms with Gasteiger partial charge in [0.25, 0.3) is 0 Å². The van der Waals surface area contributed by atoms with Crippen molar-refractivity contribution >= 4 is 7.85 Å². The quantitative estimate of drug-likeness (QED) is 0.534. The van der Waals surface area contributed by atoms with E-state index in [1.807, 2.05) is 0 Å². The molecule has 2 N–H and O–H groups in total. The van der Waals surface area contributed by atoms with E-state index in [1.54, 1.807) is 0 Å². The SMILES string of the molecule is B[C@H](N)CC1CCCC1. The third kappa shape index (κ3) is 2.40. The zero-order valence-corrected chi connectivity index (χ0v) is 6.27. The summed E-state index contributed by atoms with van der Waals surface area (Å²) in [7, 11) is 2.11. The molecule has 1 saturated carbocycles. The van der Waals surface area contributed by atoms with Crippen molar-refractivity contribution in [3.05, 3.63) is 0 Å². The van der Waals surface area contributed by atoms with Gasteiger partial charge in [0.05, 0.1) is 0 Å². The van der Waals surface area contributed by atoms with Crippen LogP contribution in [0.15, 0.2) is 0 Å². The van der Waals surface area contributed by atoms with Crippen molar-refractivity contribution in [2.24, 2.45) is 11.7 Å². The zero-order chi connectivity index (χ0) is 6.69. The second kappa shape index (κ2) is 3.26. The Hall–Kier alpha value is 0.0249. The molecule has 0 bridgehead atoms. The molecule has 0 aliphatic heterocycles. The monoisotopic (exact) mass is 125 g/mol. The molecule has 1 aliphatic carbocycles. The summed E-state index contributed by atoms with van der Waals surface area (Å²) in [5, 5.41) is 0. The molecule has 1 aliphatic rings. The minimum absolute atomic E-state index is 0.424. The van der Waals surface area contributed by atoms with Gasteiger partial charge < -0.3 is 5.73 Å². The van der Waals surface area contributed by atoms with E-state index >= 15 is 0 Å². The highest BCUT2D eigenvalue weighted by Gasteiger charge is 2.15. The fraction of sp³-hybridized carbons (Fsp3) is 1.00. The predicted octanol–water partition coefficient (Wildman–Crippen LogP) is 0.485. The van der Waals surface area contributed by atoms with Gasteiger partial charge in [0.1, 0.15) is 7.85 Å². The maximum absolute atomic E-state index is 5.67. The first-order chi connectivity index (χ1) is 4.29. The van der Waals surface area contributed by atoms with Crippen molar-refractivity contribution in [1.82, 2.24) is 0 Å². The van der Waals surface area contributed by atoms with Gasteiger partial charge in [-0.05, 0) is 18.3 Å². The molecule has 1 fully saturated rings. The lowest BCUT2D eigenvalue weighted by Gasteiger charge is -2.10. The van der Waals surface area contributed by atoms with Gasteiger partial charge in [0.2, 0.25) is 0 Å². The molecule has 0 amide bonds. The van der Waals surface area contributed by atoms with E-state index in [-0.39, 0.29) is 0 Å². The van der Waals surface area contributed by atoms with Crippen LogP contribution in [-0.2, 0) is 0 Å². The lowest BCUT2D eigenvalue weighted by Crippen LogP contribution is -2.22. The fourth-order valence-electron chi connectivity index (χ4n) is 1.77. The number of rotatable bonds is 2. The summed E-state index contributed by atoms with van der Waals surface area (Å²) >= 11 is 0. The molecule has 9 heavy (non-hydrogen) atoms. The van der Waals surface area contributed by atoms with Crippen LogP contribution in [0.2, 0.25) is 0 Å². The van der Waals surface area contributed by atoms with Gasteiger partial charge in [-0.25, -0.2) is 0 Å². The second-order valence-corrected chi connectivity index (χ2v) is 3.36. The predicted molar refractivity (Wildman–Crippen MR) is 43.1 cm³/mol. The van der Waals surface area contributed by atoms with Crippen LogP contribution in [-0.4, -0.2) is 13.8 Å². The fourth-order valence-corrected chi connectivity index (χ4v) is 1.77. The molecule has 0 radical (unpaired) electrons. The molecule has 2 heteroatoms. The number of hydrogen-bond acceptors (Lipinski definition) is 1.